The molecule has 35 heavy (non-hydrogen) atoms. The van der Waals surface area contributed by atoms with Gasteiger partial charge in [-0.25, -0.2) is 0 Å². The molecule has 0 N–H and O–H groups in total. The van der Waals surface area contributed by atoms with Crippen LogP contribution in [0.5, 0.6) is 0 Å². The maximum Gasteiger partial charge on any atom is 0.0726 e. The van der Waals surface area contributed by atoms with Crippen molar-refractivity contribution in [1.29, 1.82) is 0 Å². The van der Waals surface area contributed by atoms with Crippen molar-refractivity contribution >= 4 is 59.6 Å². The van der Waals surface area contributed by atoms with Gasteiger partial charge in [-0.2, -0.15) is 0 Å². The van der Waals surface area contributed by atoms with Crippen molar-refractivity contribution in [3.05, 3.63) is 141 Å². The highest BCUT2D eigenvalue weighted by Gasteiger charge is 2.49. The van der Waals surface area contributed by atoms with Crippen molar-refractivity contribution in [2.24, 2.45) is 0 Å². The molecule has 0 aliphatic heterocycles. The first kappa shape index (κ1) is 19.8. The lowest BCUT2D eigenvalue weighted by atomic mass is 9.66. The predicted molar refractivity (Wildman–Crippen MR) is 153 cm³/mol. The fourth-order valence-corrected chi connectivity index (χ4v) is 8.05. The summed E-state index contributed by atoms with van der Waals surface area (Å²) in [6, 6.07) is 38.3. The van der Waals surface area contributed by atoms with E-state index in [4.69, 9.17) is 0 Å². The van der Waals surface area contributed by atoms with Gasteiger partial charge in [0.05, 0.1) is 5.41 Å². The molecule has 2 aliphatic carbocycles. The largest absolute Gasteiger partial charge is 0.135 e. The number of rotatable bonds is 0. The van der Waals surface area contributed by atoms with E-state index >= 15 is 0 Å². The quantitative estimate of drug-likeness (QED) is 0.184. The van der Waals surface area contributed by atoms with Crippen molar-refractivity contribution in [2.45, 2.75) is 5.41 Å². The van der Waals surface area contributed by atoms with E-state index in [-0.39, 0.29) is 5.41 Å². The van der Waals surface area contributed by atoms with Crippen molar-refractivity contribution < 1.29 is 0 Å². The second-order valence-electron chi connectivity index (χ2n) is 9.41. The maximum absolute atomic E-state index is 3.81. The van der Waals surface area contributed by atoms with Crippen LogP contribution in [0.15, 0.2) is 108 Å². The molecule has 0 saturated carbocycles. The third kappa shape index (κ3) is 2.46. The van der Waals surface area contributed by atoms with Gasteiger partial charge in [0.25, 0.3) is 0 Å². The summed E-state index contributed by atoms with van der Waals surface area (Å²) in [5.74, 6) is 0. The molecule has 1 unspecified atom stereocenters. The average molecular weight is 527 g/mol. The van der Waals surface area contributed by atoms with Crippen LogP contribution < -0.4 is 0 Å². The zero-order valence-corrected chi connectivity index (χ0v) is 21.2. The smallest absolute Gasteiger partial charge is 0.0726 e. The minimum atomic E-state index is -0.379. The normalized spacial score (nSPS) is 17.3. The summed E-state index contributed by atoms with van der Waals surface area (Å²) in [6.07, 6.45) is 4.57. The second-order valence-corrected chi connectivity index (χ2v) is 11.4. The molecular weight excluding hydrogens is 508 g/mol. The summed E-state index contributed by atoms with van der Waals surface area (Å²) in [6.45, 7) is 0. The Balaban J connectivity index is 1.63. The second kappa shape index (κ2) is 7.04. The lowest BCUT2D eigenvalue weighted by Gasteiger charge is -2.35. The van der Waals surface area contributed by atoms with Crippen LogP contribution in [0.2, 0.25) is 0 Å². The third-order valence-corrected chi connectivity index (χ3v) is 9.48. The van der Waals surface area contributed by atoms with Gasteiger partial charge in [-0.1, -0.05) is 113 Å². The molecular formula is C33H19BrS. The molecule has 0 saturated heterocycles. The van der Waals surface area contributed by atoms with E-state index in [2.05, 4.69) is 131 Å². The predicted octanol–water partition coefficient (Wildman–Crippen LogP) is 9.66. The van der Waals surface area contributed by atoms with Gasteiger partial charge in [0.15, 0.2) is 0 Å². The summed E-state index contributed by atoms with van der Waals surface area (Å²) in [4.78, 5) is 0. The molecule has 0 bridgehead atoms. The van der Waals surface area contributed by atoms with Gasteiger partial charge in [-0.15, -0.1) is 11.3 Å². The third-order valence-electron chi connectivity index (χ3n) is 7.78. The van der Waals surface area contributed by atoms with Crippen LogP contribution >= 0.6 is 27.3 Å². The zero-order valence-electron chi connectivity index (χ0n) is 18.8. The first-order chi connectivity index (χ1) is 17.3. The van der Waals surface area contributed by atoms with Crippen LogP contribution in [0.4, 0.5) is 0 Å². The van der Waals surface area contributed by atoms with E-state index in [1.165, 1.54) is 64.7 Å². The molecule has 164 valence electrons. The van der Waals surface area contributed by atoms with E-state index < -0.39 is 0 Å². The Morgan fingerprint density at radius 2 is 1.31 bits per heavy atom. The van der Waals surface area contributed by atoms with Gasteiger partial charge in [0, 0.05) is 30.2 Å². The van der Waals surface area contributed by atoms with Crippen LogP contribution in [-0.2, 0) is 5.41 Å². The first-order valence-electron chi connectivity index (χ1n) is 11.9. The molecule has 0 radical (unpaired) electrons. The molecule has 2 aliphatic rings. The van der Waals surface area contributed by atoms with E-state index in [0.29, 0.717) is 0 Å². The summed E-state index contributed by atoms with van der Waals surface area (Å²) in [5, 5.41) is 2.70. The Bertz CT molecular complexity index is 1870. The number of benzene rings is 5. The molecule has 1 atom stereocenters. The topological polar surface area (TPSA) is 0 Å². The summed E-state index contributed by atoms with van der Waals surface area (Å²) < 4.78 is 3.84. The zero-order chi connectivity index (χ0) is 23.1. The molecule has 1 aromatic heterocycles. The lowest BCUT2D eigenvalue weighted by Crippen LogP contribution is -2.30. The van der Waals surface area contributed by atoms with Crippen LogP contribution in [0, 0.1) is 0 Å². The van der Waals surface area contributed by atoms with Gasteiger partial charge in [0.1, 0.15) is 0 Å². The number of hydrogen-bond acceptors (Lipinski definition) is 1. The van der Waals surface area contributed by atoms with E-state index in [0.717, 1.165) is 4.47 Å². The fraction of sp³-hybridized carbons (Fsp3) is 0.0303. The summed E-state index contributed by atoms with van der Waals surface area (Å²) in [7, 11) is 0. The van der Waals surface area contributed by atoms with Gasteiger partial charge < -0.3 is 0 Å². The number of halogens is 1. The molecule has 8 rings (SSSR count). The van der Waals surface area contributed by atoms with Gasteiger partial charge in [-0.05, 0) is 57.1 Å². The average Bonchev–Trinajstić information content (AvgIpc) is 3.37. The Labute approximate surface area is 216 Å². The molecule has 6 aromatic rings. The fourth-order valence-electron chi connectivity index (χ4n) is 6.43. The minimum Gasteiger partial charge on any atom is -0.135 e. The monoisotopic (exact) mass is 526 g/mol. The Morgan fingerprint density at radius 1 is 0.571 bits per heavy atom. The highest BCUT2D eigenvalue weighted by Crippen LogP contribution is 2.61. The summed E-state index contributed by atoms with van der Waals surface area (Å²) >= 11 is 5.73. The summed E-state index contributed by atoms with van der Waals surface area (Å²) in [5.41, 5.74) is 10.3. The molecule has 0 amide bonds. The van der Waals surface area contributed by atoms with Crippen LogP contribution in [0.1, 0.15) is 33.4 Å². The molecule has 5 aromatic carbocycles. The van der Waals surface area contributed by atoms with Crippen LogP contribution in [0.3, 0.4) is 0 Å². The number of thiophene rings is 1. The Kier molecular flexibility index (Phi) is 3.98. The van der Waals surface area contributed by atoms with E-state index in [1.807, 2.05) is 11.3 Å². The van der Waals surface area contributed by atoms with Gasteiger partial charge >= 0.3 is 0 Å². The SMILES string of the molecule is Brc1ccc2c(c1)C1(c3ccccc3C=C2)c2ccccc2-c2c1ccc1c2sc2ccccc21. The van der Waals surface area contributed by atoms with Crippen LogP contribution in [-0.4, -0.2) is 0 Å². The molecule has 1 spiro atoms. The molecule has 0 nitrogen and oxygen atoms in total. The Hall–Kier alpha value is -3.46. The first-order valence-corrected chi connectivity index (χ1v) is 13.5. The Morgan fingerprint density at radius 3 is 2.23 bits per heavy atom. The minimum absolute atomic E-state index is 0.379. The molecule has 0 fully saturated rings. The molecule has 1 heterocycles. The van der Waals surface area contributed by atoms with Crippen molar-refractivity contribution in [3.63, 3.8) is 0 Å². The van der Waals surface area contributed by atoms with Crippen molar-refractivity contribution in [2.75, 3.05) is 0 Å². The van der Waals surface area contributed by atoms with E-state index in [9.17, 15) is 0 Å². The number of hydrogen-bond donors (Lipinski definition) is 0. The van der Waals surface area contributed by atoms with Gasteiger partial charge in [-0.3, -0.25) is 0 Å². The highest BCUT2D eigenvalue weighted by molar-refractivity contribution is 9.10. The van der Waals surface area contributed by atoms with Crippen molar-refractivity contribution in [1.82, 2.24) is 0 Å². The lowest BCUT2D eigenvalue weighted by molar-refractivity contribution is 0.766. The maximum atomic E-state index is 3.81. The highest BCUT2D eigenvalue weighted by atomic mass is 79.9. The number of fused-ring (bicyclic) bond motifs is 13. The van der Waals surface area contributed by atoms with Gasteiger partial charge in [0.2, 0.25) is 0 Å². The van der Waals surface area contributed by atoms with Crippen LogP contribution in [0.25, 0.3) is 43.5 Å². The van der Waals surface area contributed by atoms with Crippen molar-refractivity contribution in [3.8, 4) is 11.1 Å². The molecule has 2 heteroatoms. The van der Waals surface area contributed by atoms with E-state index in [1.54, 1.807) is 0 Å². The standard InChI is InChI=1S/C33H19BrS/c34-22-16-15-21-14-13-20-7-1-4-10-26(20)33(29(21)19-22)27-11-5-2-9-25(27)31-28(33)18-17-24-23-8-3-6-12-30(23)35-32(24)31/h1-19H.